The van der Waals surface area contributed by atoms with Gasteiger partial charge in [-0.15, -0.1) is 0 Å². The lowest BCUT2D eigenvalue weighted by Gasteiger charge is -2.17. The summed E-state index contributed by atoms with van der Waals surface area (Å²) in [4.78, 5) is 2.52. The topological polar surface area (TPSA) is 87.5 Å². The highest BCUT2D eigenvalue weighted by Crippen LogP contribution is 2.25. The predicted molar refractivity (Wildman–Crippen MR) is 81.2 cm³/mol. The number of hydrogen-bond donors (Lipinski definition) is 3. The third-order valence-electron chi connectivity index (χ3n) is 3.55. The van der Waals surface area contributed by atoms with Crippen molar-refractivity contribution >= 4 is 21.4 Å². The first-order valence-electron chi connectivity index (χ1n) is 6.71. The molecule has 112 valence electrons. The van der Waals surface area contributed by atoms with Crippen LogP contribution in [-0.2, 0) is 10.0 Å². The van der Waals surface area contributed by atoms with Crippen molar-refractivity contribution < 1.29 is 8.42 Å². The molecule has 1 saturated carbocycles. The monoisotopic (exact) mass is 298 g/mol. The molecule has 0 aromatic heterocycles. The molecule has 1 aromatic carbocycles. The molecule has 0 saturated heterocycles. The Balaban J connectivity index is 2.01. The zero-order chi connectivity index (χ0) is 14.8. The van der Waals surface area contributed by atoms with Crippen molar-refractivity contribution in [2.45, 2.75) is 23.8 Å². The van der Waals surface area contributed by atoms with Gasteiger partial charge in [-0.2, -0.15) is 0 Å². The fourth-order valence-corrected chi connectivity index (χ4v) is 2.79. The number of nitrogens with zero attached hydrogens (tertiary/aromatic N) is 1. The smallest absolute Gasteiger partial charge is 0.240 e. The number of benzene rings is 1. The molecule has 1 aliphatic rings. The molecule has 0 heterocycles. The molecule has 0 unspecified atom stereocenters. The van der Waals surface area contributed by atoms with Gasteiger partial charge in [0.25, 0.3) is 0 Å². The summed E-state index contributed by atoms with van der Waals surface area (Å²) in [5, 5.41) is 3.20. The van der Waals surface area contributed by atoms with Gasteiger partial charge in [0.2, 0.25) is 10.0 Å². The summed E-state index contributed by atoms with van der Waals surface area (Å²) >= 11 is 0. The number of hydrogen-bond acceptors (Lipinski definition) is 5. The molecule has 1 aliphatic carbocycles. The Bertz CT molecular complexity index is 570. The number of nitrogen functional groups attached to an aromatic ring is 1. The van der Waals surface area contributed by atoms with E-state index >= 15 is 0 Å². The summed E-state index contributed by atoms with van der Waals surface area (Å²) < 4.78 is 25.8. The first kappa shape index (κ1) is 15.1. The van der Waals surface area contributed by atoms with Gasteiger partial charge in [-0.25, -0.2) is 13.1 Å². The molecule has 1 aromatic rings. The van der Waals surface area contributed by atoms with Crippen molar-refractivity contribution in [2.24, 2.45) is 0 Å². The molecule has 4 N–H and O–H groups in total. The number of anilines is 2. The van der Waals surface area contributed by atoms with Crippen molar-refractivity contribution in [2.75, 3.05) is 38.2 Å². The van der Waals surface area contributed by atoms with Gasteiger partial charge in [0.1, 0.15) is 0 Å². The fraction of sp³-hybridized carbons (Fsp3) is 0.538. The second-order valence-electron chi connectivity index (χ2n) is 5.10. The maximum atomic E-state index is 11.8. The molecular formula is C13H22N4O2S. The maximum absolute atomic E-state index is 11.8. The standard InChI is InChI=1S/C13H22N4O2S/c1-15-20(18,19)11-5-6-12(14)13(9-11)16-7-8-17(2)10-3-4-10/h5-6,9-10,15-16H,3-4,7-8,14H2,1-2H3. The minimum atomic E-state index is -3.44. The fourth-order valence-electron chi connectivity index (χ4n) is 2.04. The highest BCUT2D eigenvalue weighted by Gasteiger charge is 2.25. The zero-order valence-corrected chi connectivity index (χ0v) is 12.7. The lowest BCUT2D eigenvalue weighted by atomic mass is 10.2. The summed E-state index contributed by atoms with van der Waals surface area (Å²) in [5.74, 6) is 0. The summed E-state index contributed by atoms with van der Waals surface area (Å²) in [6.45, 7) is 1.65. The van der Waals surface area contributed by atoms with E-state index in [4.69, 9.17) is 5.73 Å². The number of rotatable bonds is 7. The Morgan fingerprint density at radius 3 is 2.70 bits per heavy atom. The van der Waals surface area contributed by atoms with Crippen molar-refractivity contribution in [1.82, 2.24) is 9.62 Å². The van der Waals surface area contributed by atoms with Crippen LogP contribution in [0.4, 0.5) is 11.4 Å². The van der Waals surface area contributed by atoms with Crippen molar-refractivity contribution in [3.8, 4) is 0 Å². The predicted octanol–water partition coefficient (Wildman–Crippen LogP) is 0.683. The van der Waals surface area contributed by atoms with Gasteiger partial charge in [-0.05, 0) is 45.1 Å². The number of nitrogens with two attached hydrogens (primary N) is 1. The first-order valence-corrected chi connectivity index (χ1v) is 8.19. The van der Waals surface area contributed by atoms with Gasteiger partial charge < -0.3 is 16.0 Å². The van der Waals surface area contributed by atoms with E-state index in [-0.39, 0.29) is 4.90 Å². The second-order valence-corrected chi connectivity index (χ2v) is 6.98. The molecule has 7 heteroatoms. The van der Waals surface area contributed by atoms with Gasteiger partial charge in [0, 0.05) is 19.1 Å². The van der Waals surface area contributed by atoms with E-state index in [1.165, 1.54) is 26.0 Å². The van der Waals surface area contributed by atoms with E-state index in [0.717, 1.165) is 13.1 Å². The van der Waals surface area contributed by atoms with Crippen LogP contribution in [0.25, 0.3) is 0 Å². The summed E-state index contributed by atoms with van der Waals surface area (Å²) in [6.07, 6.45) is 2.54. The lowest BCUT2D eigenvalue weighted by molar-refractivity contribution is 0.337. The van der Waals surface area contributed by atoms with Gasteiger partial charge in [-0.3, -0.25) is 0 Å². The molecule has 2 rings (SSSR count). The lowest BCUT2D eigenvalue weighted by Crippen LogP contribution is -2.27. The van der Waals surface area contributed by atoms with Crippen LogP contribution < -0.4 is 15.8 Å². The van der Waals surface area contributed by atoms with Crippen LogP contribution in [0.2, 0.25) is 0 Å². The van der Waals surface area contributed by atoms with Crippen molar-refractivity contribution in [3.05, 3.63) is 18.2 Å². The Kier molecular flexibility index (Phi) is 4.52. The largest absolute Gasteiger partial charge is 0.397 e. The third kappa shape index (κ3) is 3.62. The van der Waals surface area contributed by atoms with Gasteiger partial charge in [0.05, 0.1) is 16.3 Å². The third-order valence-corrected chi connectivity index (χ3v) is 4.97. The number of nitrogens with one attached hydrogen (secondary N) is 2. The Morgan fingerprint density at radius 1 is 1.40 bits per heavy atom. The molecular weight excluding hydrogens is 276 g/mol. The normalized spacial score (nSPS) is 15.6. The SMILES string of the molecule is CNS(=O)(=O)c1ccc(N)c(NCCN(C)C2CC2)c1. The highest BCUT2D eigenvalue weighted by molar-refractivity contribution is 7.89. The molecule has 6 nitrogen and oxygen atoms in total. The van der Waals surface area contributed by atoms with E-state index in [1.54, 1.807) is 12.1 Å². The Hall–Kier alpha value is -1.31. The van der Waals surface area contributed by atoms with E-state index in [1.807, 2.05) is 0 Å². The molecule has 0 spiro atoms. The molecule has 0 bridgehead atoms. The number of sulfonamides is 1. The van der Waals surface area contributed by atoms with E-state index in [2.05, 4.69) is 22.0 Å². The molecule has 0 amide bonds. The van der Waals surface area contributed by atoms with Gasteiger partial charge in [0.15, 0.2) is 0 Å². The summed E-state index contributed by atoms with van der Waals surface area (Å²) in [7, 11) is 0.0558. The van der Waals surface area contributed by atoms with Crippen LogP contribution in [0.15, 0.2) is 23.1 Å². The molecule has 20 heavy (non-hydrogen) atoms. The van der Waals surface area contributed by atoms with Crippen LogP contribution in [0.3, 0.4) is 0 Å². The van der Waals surface area contributed by atoms with Crippen molar-refractivity contribution in [1.29, 1.82) is 0 Å². The average molecular weight is 298 g/mol. The second kappa shape index (κ2) is 5.99. The van der Waals surface area contributed by atoms with Gasteiger partial charge >= 0.3 is 0 Å². The van der Waals surface area contributed by atoms with Crippen LogP contribution >= 0.6 is 0 Å². The highest BCUT2D eigenvalue weighted by atomic mass is 32.2. The molecule has 0 atom stereocenters. The quantitative estimate of drug-likeness (QED) is 0.645. The molecule has 0 aliphatic heterocycles. The molecule has 1 fully saturated rings. The van der Waals surface area contributed by atoms with Crippen LogP contribution in [0, 0.1) is 0 Å². The van der Waals surface area contributed by atoms with E-state index in [9.17, 15) is 8.42 Å². The number of likely N-dealkylation sites (N-methyl/N-ethyl adjacent to an activating group) is 1. The van der Waals surface area contributed by atoms with Crippen LogP contribution in [-0.4, -0.2) is 46.5 Å². The maximum Gasteiger partial charge on any atom is 0.240 e. The Morgan fingerprint density at radius 2 is 2.10 bits per heavy atom. The van der Waals surface area contributed by atoms with E-state index in [0.29, 0.717) is 17.4 Å². The minimum absolute atomic E-state index is 0.215. The average Bonchev–Trinajstić information content (AvgIpc) is 3.25. The summed E-state index contributed by atoms with van der Waals surface area (Å²) in [6, 6.07) is 5.39. The van der Waals surface area contributed by atoms with E-state index < -0.39 is 10.0 Å². The van der Waals surface area contributed by atoms with Crippen LogP contribution in [0.5, 0.6) is 0 Å². The zero-order valence-electron chi connectivity index (χ0n) is 11.9. The first-order chi connectivity index (χ1) is 9.44. The Labute approximate surface area is 120 Å². The van der Waals surface area contributed by atoms with Crippen molar-refractivity contribution in [3.63, 3.8) is 0 Å². The minimum Gasteiger partial charge on any atom is -0.397 e. The van der Waals surface area contributed by atoms with Gasteiger partial charge in [-0.1, -0.05) is 0 Å². The molecule has 0 radical (unpaired) electrons. The summed E-state index contributed by atoms with van der Waals surface area (Å²) in [5.41, 5.74) is 7.08. The van der Waals surface area contributed by atoms with Crippen LogP contribution in [0.1, 0.15) is 12.8 Å².